The molecule has 0 aliphatic carbocycles. The van der Waals surface area contributed by atoms with Crippen LogP contribution in [0.2, 0.25) is 0 Å². The van der Waals surface area contributed by atoms with Crippen LogP contribution in [0.1, 0.15) is 46.1 Å². The van der Waals surface area contributed by atoms with Crippen LogP contribution < -0.4 is 0 Å². The molecule has 1 aromatic rings. The van der Waals surface area contributed by atoms with E-state index in [9.17, 15) is 9.90 Å². The molecule has 1 saturated heterocycles. The highest BCUT2D eigenvalue weighted by Crippen LogP contribution is 2.39. The number of aliphatic carboxylic acids is 1. The van der Waals surface area contributed by atoms with Gasteiger partial charge in [0.15, 0.2) is 0 Å². The van der Waals surface area contributed by atoms with Crippen molar-refractivity contribution in [2.75, 3.05) is 13.6 Å². The molecule has 4 heteroatoms. The minimum atomic E-state index is -0.754. The number of benzene rings is 1. The minimum absolute atomic E-state index is 0.0554. The summed E-state index contributed by atoms with van der Waals surface area (Å²) in [5.74, 6) is -0.754. The van der Waals surface area contributed by atoms with Crippen LogP contribution in [0.25, 0.3) is 0 Å². The second-order valence-electron chi connectivity index (χ2n) is 8.03. The first-order valence-corrected chi connectivity index (χ1v) is 8.35. The quantitative estimate of drug-likeness (QED) is 0.905. The smallest absolute Gasteiger partial charge is 0.317 e. The molecule has 0 aromatic heterocycles. The third kappa shape index (κ3) is 4.33. The summed E-state index contributed by atoms with van der Waals surface area (Å²) < 4.78 is 0. The first kappa shape index (κ1) is 18.0. The molecule has 0 spiro atoms. The molecule has 0 atom stereocenters. The molecular weight excluding hydrogens is 288 g/mol. The van der Waals surface area contributed by atoms with Crippen molar-refractivity contribution in [3.05, 3.63) is 35.9 Å². The highest BCUT2D eigenvalue weighted by molar-refractivity contribution is 5.69. The number of carbonyl (C=O) groups is 1. The highest BCUT2D eigenvalue weighted by atomic mass is 16.4. The Kier molecular flexibility index (Phi) is 5.17. The van der Waals surface area contributed by atoms with Gasteiger partial charge in [-0.1, -0.05) is 30.3 Å². The molecule has 0 saturated carbocycles. The molecule has 1 aromatic carbocycles. The number of hydrogen-bond donors (Lipinski definition) is 1. The standard InChI is InChI=1S/C19H30N2O2/c1-18(2)11-16(12-19(3,4)20(18)5)21(14-17(22)23)13-15-9-7-6-8-10-15/h6-10,16H,11-14H2,1-5H3,(H,22,23). The maximum atomic E-state index is 11.4. The van der Waals surface area contributed by atoms with Gasteiger partial charge in [0.25, 0.3) is 0 Å². The number of carboxylic acid groups (broad SMARTS) is 1. The van der Waals surface area contributed by atoms with Crippen LogP contribution in [0.5, 0.6) is 0 Å². The second-order valence-corrected chi connectivity index (χ2v) is 8.03. The van der Waals surface area contributed by atoms with E-state index in [2.05, 4.69) is 56.7 Å². The van der Waals surface area contributed by atoms with E-state index < -0.39 is 5.97 Å². The van der Waals surface area contributed by atoms with Gasteiger partial charge in [-0.15, -0.1) is 0 Å². The highest BCUT2D eigenvalue weighted by Gasteiger charge is 2.44. The molecule has 1 aliphatic heterocycles. The van der Waals surface area contributed by atoms with Crippen molar-refractivity contribution < 1.29 is 9.90 Å². The van der Waals surface area contributed by atoms with Crippen LogP contribution in [0.3, 0.4) is 0 Å². The average Bonchev–Trinajstić information content (AvgIpc) is 2.44. The third-order valence-corrected chi connectivity index (χ3v) is 5.37. The Morgan fingerprint density at radius 3 is 2.17 bits per heavy atom. The lowest BCUT2D eigenvalue weighted by molar-refractivity contribution is -0.140. The molecule has 0 amide bonds. The zero-order chi connectivity index (χ0) is 17.3. The van der Waals surface area contributed by atoms with Crippen LogP contribution in [0.15, 0.2) is 30.3 Å². The fraction of sp³-hybridized carbons (Fsp3) is 0.632. The minimum Gasteiger partial charge on any atom is -0.480 e. The molecule has 128 valence electrons. The van der Waals surface area contributed by atoms with E-state index in [0.29, 0.717) is 6.54 Å². The van der Waals surface area contributed by atoms with Crippen molar-refractivity contribution in [2.24, 2.45) is 0 Å². The van der Waals surface area contributed by atoms with Gasteiger partial charge in [-0.3, -0.25) is 14.6 Å². The fourth-order valence-electron chi connectivity index (χ4n) is 3.88. The summed E-state index contributed by atoms with van der Waals surface area (Å²) in [6.45, 7) is 9.79. The van der Waals surface area contributed by atoms with Crippen LogP contribution in [0, 0.1) is 0 Å². The number of nitrogens with zero attached hydrogens (tertiary/aromatic N) is 2. The molecule has 1 heterocycles. The van der Waals surface area contributed by atoms with Gasteiger partial charge in [-0.2, -0.15) is 0 Å². The van der Waals surface area contributed by atoms with E-state index in [-0.39, 0.29) is 23.7 Å². The number of piperidine rings is 1. The number of carboxylic acids is 1. The molecule has 23 heavy (non-hydrogen) atoms. The lowest BCUT2D eigenvalue weighted by atomic mass is 9.77. The summed E-state index contributed by atoms with van der Waals surface area (Å²) in [6.07, 6.45) is 1.96. The molecule has 1 fully saturated rings. The summed E-state index contributed by atoms with van der Waals surface area (Å²) in [5, 5.41) is 9.35. The first-order chi connectivity index (χ1) is 10.6. The van der Waals surface area contributed by atoms with Crippen molar-refractivity contribution in [3.63, 3.8) is 0 Å². The zero-order valence-corrected chi connectivity index (χ0v) is 15.0. The SMILES string of the molecule is CN1C(C)(C)CC(N(CC(=O)O)Cc2ccccc2)CC1(C)C. The average molecular weight is 318 g/mol. The summed E-state index contributed by atoms with van der Waals surface area (Å²) >= 11 is 0. The van der Waals surface area contributed by atoms with Gasteiger partial charge < -0.3 is 5.11 Å². The molecule has 1 aliphatic rings. The predicted molar refractivity (Wildman–Crippen MR) is 93.4 cm³/mol. The van der Waals surface area contributed by atoms with Crippen LogP contribution >= 0.6 is 0 Å². The second kappa shape index (κ2) is 6.62. The van der Waals surface area contributed by atoms with Gasteiger partial charge in [0.2, 0.25) is 0 Å². The van der Waals surface area contributed by atoms with Crippen molar-refractivity contribution in [2.45, 2.75) is 64.2 Å². The van der Waals surface area contributed by atoms with Gasteiger partial charge >= 0.3 is 5.97 Å². The summed E-state index contributed by atoms with van der Waals surface area (Å²) in [7, 11) is 2.18. The van der Waals surface area contributed by atoms with Crippen molar-refractivity contribution >= 4 is 5.97 Å². The summed E-state index contributed by atoms with van der Waals surface area (Å²) in [5.41, 5.74) is 1.28. The van der Waals surface area contributed by atoms with Gasteiger partial charge in [-0.05, 0) is 53.1 Å². The lowest BCUT2D eigenvalue weighted by Crippen LogP contribution is -2.62. The number of likely N-dealkylation sites (tertiary alicyclic amines) is 1. The number of hydrogen-bond acceptors (Lipinski definition) is 3. The maximum absolute atomic E-state index is 11.4. The van der Waals surface area contributed by atoms with Crippen molar-refractivity contribution in [3.8, 4) is 0 Å². The Morgan fingerprint density at radius 1 is 1.17 bits per heavy atom. The maximum Gasteiger partial charge on any atom is 0.317 e. The van der Waals surface area contributed by atoms with Crippen LogP contribution in [-0.4, -0.2) is 51.6 Å². The normalized spacial score (nSPS) is 21.5. The number of rotatable bonds is 5. The predicted octanol–water partition coefficient (Wildman–Crippen LogP) is 3.22. The topological polar surface area (TPSA) is 43.8 Å². The lowest BCUT2D eigenvalue weighted by Gasteiger charge is -2.55. The van der Waals surface area contributed by atoms with Gasteiger partial charge in [0.05, 0.1) is 6.54 Å². The van der Waals surface area contributed by atoms with E-state index in [0.717, 1.165) is 12.8 Å². The van der Waals surface area contributed by atoms with E-state index in [1.807, 2.05) is 18.2 Å². The van der Waals surface area contributed by atoms with Crippen LogP contribution in [-0.2, 0) is 11.3 Å². The molecule has 0 unspecified atom stereocenters. The Morgan fingerprint density at radius 2 is 1.70 bits per heavy atom. The summed E-state index contributed by atoms with van der Waals surface area (Å²) in [6, 6.07) is 10.4. The van der Waals surface area contributed by atoms with Crippen LogP contribution in [0.4, 0.5) is 0 Å². The summed E-state index contributed by atoms with van der Waals surface area (Å²) in [4.78, 5) is 15.9. The van der Waals surface area contributed by atoms with Crippen molar-refractivity contribution in [1.29, 1.82) is 0 Å². The fourth-order valence-corrected chi connectivity index (χ4v) is 3.88. The third-order valence-electron chi connectivity index (χ3n) is 5.37. The molecule has 0 bridgehead atoms. The Bertz CT molecular complexity index is 522. The largest absolute Gasteiger partial charge is 0.480 e. The Balaban J connectivity index is 2.23. The van der Waals surface area contributed by atoms with Gasteiger partial charge in [0.1, 0.15) is 0 Å². The Labute approximate surface area is 140 Å². The van der Waals surface area contributed by atoms with Gasteiger partial charge in [0, 0.05) is 23.7 Å². The molecule has 4 nitrogen and oxygen atoms in total. The zero-order valence-electron chi connectivity index (χ0n) is 15.0. The Hall–Kier alpha value is -1.39. The molecule has 0 radical (unpaired) electrons. The molecular formula is C19H30N2O2. The van der Waals surface area contributed by atoms with E-state index in [1.54, 1.807) is 0 Å². The van der Waals surface area contributed by atoms with E-state index >= 15 is 0 Å². The van der Waals surface area contributed by atoms with Gasteiger partial charge in [-0.25, -0.2) is 0 Å². The monoisotopic (exact) mass is 318 g/mol. The molecule has 1 N–H and O–H groups in total. The van der Waals surface area contributed by atoms with E-state index in [4.69, 9.17) is 0 Å². The van der Waals surface area contributed by atoms with Crippen molar-refractivity contribution in [1.82, 2.24) is 9.80 Å². The molecule has 2 rings (SSSR count). The first-order valence-electron chi connectivity index (χ1n) is 8.35. The van der Waals surface area contributed by atoms with E-state index in [1.165, 1.54) is 5.56 Å².